The van der Waals surface area contributed by atoms with Gasteiger partial charge in [-0.2, -0.15) is 0 Å². The second kappa shape index (κ2) is 4.72. The minimum absolute atomic E-state index is 0.428. The van der Waals surface area contributed by atoms with Crippen molar-refractivity contribution in [3.05, 3.63) is 22.3 Å². The highest BCUT2D eigenvalue weighted by atomic mass is 79.9. The molecule has 0 atom stereocenters. The zero-order valence-electron chi connectivity index (χ0n) is 9.78. The van der Waals surface area contributed by atoms with Crippen LogP contribution in [0.5, 0.6) is 0 Å². The van der Waals surface area contributed by atoms with Crippen molar-refractivity contribution in [1.82, 2.24) is 4.98 Å². The summed E-state index contributed by atoms with van der Waals surface area (Å²) in [6, 6.07) is 2.53. The number of halogens is 1. The Balaban J connectivity index is 2.00. The van der Waals surface area contributed by atoms with Gasteiger partial charge in [0.15, 0.2) is 0 Å². The van der Waals surface area contributed by atoms with Crippen LogP contribution in [0.15, 0.2) is 16.7 Å². The first-order valence-electron chi connectivity index (χ1n) is 5.65. The first kappa shape index (κ1) is 11.9. The molecular weight excluding hydrogens is 266 g/mol. The largest absolute Gasteiger partial charge is 0.359 e. The van der Waals surface area contributed by atoms with E-state index < -0.39 is 0 Å². The molecule has 1 aliphatic carbocycles. The maximum absolute atomic E-state index is 5.79. The van der Waals surface area contributed by atoms with Crippen LogP contribution in [0.25, 0.3) is 0 Å². The second-order valence-corrected chi connectivity index (χ2v) is 5.69. The molecule has 1 fully saturated rings. The van der Waals surface area contributed by atoms with Gasteiger partial charge in [0.2, 0.25) is 0 Å². The molecule has 0 unspecified atom stereocenters. The maximum Gasteiger partial charge on any atom is 0.131 e. The first-order chi connectivity index (χ1) is 7.56. The van der Waals surface area contributed by atoms with Crippen LogP contribution in [0.1, 0.15) is 18.4 Å². The highest BCUT2D eigenvalue weighted by Crippen LogP contribution is 2.28. The summed E-state index contributed by atoms with van der Waals surface area (Å²) in [6.45, 7) is 3.15. The predicted octanol–water partition coefficient (Wildman–Crippen LogP) is 2.33. The van der Waals surface area contributed by atoms with Gasteiger partial charge in [-0.05, 0) is 53.2 Å². The molecule has 3 nitrogen and oxygen atoms in total. The van der Waals surface area contributed by atoms with Gasteiger partial charge in [0, 0.05) is 30.3 Å². The van der Waals surface area contributed by atoms with Crippen molar-refractivity contribution in [2.24, 2.45) is 11.7 Å². The summed E-state index contributed by atoms with van der Waals surface area (Å²) in [5.74, 6) is 1.81. The van der Waals surface area contributed by atoms with Crippen molar-refractivity contribution >= 4 is 21.7 Å². The average molecular weight is 284 g/mol. The molecule has 16 heavy (non-hydrogen) atoms. The zero-order chi connectivity index (χ0) is 11.7. The van der Waals surface area contributed by atoms with E-state index in [1.807, 2.05) is 6.20 Å². The normalized spacial score (nSPS) is 24.0. The minimum Gasteiger partial charge on any atom is -0.359 e. The van der Waals surface area contributed by atoms with Gasteiger partial charge < -0.3 is 10.6 Å². The monoisotopic (exact) mass is 283 g/mol. The molecule has 0 spiro atoms. The molecule has 1 saturated carbocycles. The summed E-state index contributed by atoms with van der Waals surface area (Å²) >= 11 is 3.43. The zero-order valence-corrected chi connectivity index (χ0v) is 11.4. The number of anilines is 1. The fourth-order valence-corrected chi connectivity index (χ4v) is 2.79. The summed E-state index contributed by atoms with van der Waals surface area (Å²) in [5, 5.41) is 0. The Morgan fingerprint density at radius 2 is 2.25 bits per heavy atom. The predicted molar refractivity (Wildman–Crippen MR) is 70.6 cm³/mol. The van der Waals surface area contributed by atoms with Gasteiger partial charge in [0.25, 0.3) is 0 Å². The standard InChI is InChI=1S/C12H18BrN3/c1-8-3-10(13)6-15-12(8)16(2)7-9-4-11(14)5-9/h3,6,9,11H,4-5,7,14H2,1-2H3. The molecule has 0 radical (unpaired) electrons. The van der Waals surface area contributed by atoms with E-state index in [1.165, 1.54) is 5.56 Å². The molecular formula is C12H18BrN3. The van der Waals surface area contributed by atoms with E-state index in [0.29, 0.717) is 6.04 Å². The third-order valence-electron chi connectivity index (χ3n) is 3.18. The van der Waals surface area contributed by atoms with Gasteiger partial charge in [-0.25, -0.2) is 4.98 Å². The average Bonchev–Trinajstić information content (AvgIpc) is 2.15. The van der Waals surface area contributed by atoms with Gasteiger partial charge in [0.05, 0.1) is 0 Å². The number of nitrogens with zero attached hydrogens (tertiary/aromatic N) is 2. The number of aryl methyl sites for hydroxylation is 1. The Labute approximate surface area is 105 Å². The van der Waals surface area contributed by atoms with Crippen LogP contribution in [0.2, 0.25) is 0 Å². The van der Waals surface area contributed by atoms with Crippen LogP contribution in [-0.4, -0.2) is 24.6 Å². The van der Waals surface area contributed by atoms with Gasteiger partial charge in [-0.15, -0.1) is 0 Å². The van der Waals surface area contributed by atoms with E-state index in [2.05, 4.69) is 45.9 Å². The van der Waals surface area contributed by atoms with Crippen LogP contribution >= 0.6 is 15.9 Å². The van der Waals surface area contributed by atoms with E-state index in [0.717, 1.165) is 35.6 Å². The molecule has 0 bridgehead atoms. The molecule has 2 N–H and O–H groups in total. The molecule has 0 amide bonds. The van der Waals surface area contributed by atoms with Gasteiger partial charge >= 0.3 is 0 Å². The fraction of sp³-hybridized carbons (Fsp3) is 0.583. The lowest BCUT2D eigenvalue weighted by Gasteiger charge is -2.36. The van der Waals surface area contributed by atoms with Crippen molar-refractivity contribution in [3.8, 4) is 0 Å². The molecule has 1 aromatic heterocycles. The lowest BCUT2D eigenvalue weighted by molar-refractivity contribution is 0.270. The lowest BCUT2D eigenvalue weighted by atomic mass is 9.80. The molecule has 0 aliphatic heterocycles. The smallest absolute Gasteiger partial charge is 0.131 e. The first-order valence-corrected chi connectivity index (χ1v) is 6.44. The number of pyridine rings is 1. The third kappa shape index (κ3) is 2.55. The summed E-state index contributed by atoms with van der Waals surface area (Å²) < 4.78 is 1.04. The molecule has 0 saturated heterocycles. The minimum atomic E-state index is 0.428. The van der Waals surface area contributed by atoms with E-state index >= 15 is 0 Å². The molecule has 4 heteroatoms. The van der Waals surface area contributed by atoms with Gasteiger partial charge in [-0.1, -0.05) is 0 Å². The number of nitrogens with two attached hydrogens (primary N) is 1. The van der Waals surface area contributed by atoms with E-state index in [9.17, 15) is 0 Å². The molecule has 1 aliphatic rings. The quantitative estimate of drug-likeness (QED) is 0.926. The Hall–Kier alpha value is -0.610. The number of hydrogen-bond donors (Lipinski definition) is 1. The molecule has 0 aromatic carbocycles. The number of aromatic nitrogens is 1. The Morgan fingerprint density at radius 1 is 1.56 bits per heavy atom. The van der Waals surface area contributed by atoms with Gasteiger partial charge in [0.1, 0.15) is 5.82 Å². The molecule has 1 heterocycles. The number of rotatable bonds is 3. The van der Waals surface area contributed by atoms with Crippen molar-refractivity contribution in [2.45, 2.75) is 25.8 Å². The van der Waals surface area contributed by atoms with Crippen LogP contribution in [-0.2, 0) is 0 Å². The summed E-state index contributed by atoms with van der Waals surface area (Å²) in [5.41, 5.74) is 7.00. The summed E-state index contributed by atoms with van der Waals surface area (Å²) in [6.07, 6.45) is 4.16. The van der Waals surface area contributed by atoms with E-state index in [1.54, 1.807) is 0 Å². The summed E-state index contributed by atoms with van der Waals surface area (Å²) in [7, 11) is 2.10. The topological polar surface area (TPSA) is 42.2 Å². The third-order valence-corrected chi connectivity index (χ3v) is 3.62. The molecule has 88 valence electrons. The van der Waals surface area contributed by atoms with Crippen molar-refractivity contribution in [3.63, 3.8) is 0 Å². The van der Waals surface area contributed by atoms with Crippen LogP contribution in [0.3, 0.4) is 0 Å². The molecule has 1 aromatic rings. The lowest BCUT2D eigenvalue weighted by Crippen LogP contribution is -2.42. The van der Waals surface area contributed by atoms with Gasteiger partial charge in [-0.3, -0.25) is 0 Å². The SMILES string of the molecule is Cc1cc(Br)cnc1N(C)CC1CC(N)C1. The highest BCUT2D eigenvalue weighted by molar-refractivity contribution is 9.10. The second-order valence-electron chi connectivity index (χ2n) is 4.77. The van der Waals surface area contributed by atoms with E-state index in [4.69, 9.17) is 5.73 Å². The number of hydrogen-bond acceptors (Lipinski definition) is 3. The Kier molecular flexibility index (Phi) is 3.50. The molecule has 2 rings (SSSR count). The van der Waals surface area contributed by atoms with Crippen molar-refractivity contribution in [2.75, 3.05) is 18.5 Å². The maximum atomic E-state index is 5.79. The van der Waals surface area contributed by atoms with Crippen LogP contribution < -0.4 is 10.6 Å². The fourth-order valence-electron chi connectivity index (χ4n) is 2.34. The summed E-state index contributed by atoms with van der Waals surface area (Å²) in [4.78, 5) is 6.69. The van der Waals surface area contributed by atoms with E-state index in [-0.39, 0.29) is 0 Å². The highest BCUT2D eigenvalue weighted by Gasteiger charge is 2.27. The van der Waals surface area contributed by atoms with Crippen molar-refractivity contribution < 1.29 is 0 Å². The Bertz CT molecular complexity index is 375. The van der Waals surface area contributed by atoms with Crippen LogP contribution in [0.4, 0.5) is 5.82 Å². The van der Waals surface area contributed by atoms with Crippen LogP contribution in [0, 0.1) is 12.8 Å². The van der Waals surface area contributed by atoms with Crippen molar-refractivity contribution in [1.29, 1.82) is 0 Å². The Morgan fingerprint density at radius 3 is 2.81 bits per heavy atom.